The molecule has 0 amide bonds. The summed E-state index contributed by atoms with van der Waals surface area (Å²) < 4.78 is 0. The monoisotopic (exact) mass is 228 g/mol. The second-order valence-electron chi connectivity index (χ2n) is 3.88. The predicted octanol–water partition coefficient (Wildman–Crippen LogP) is 1.74. The van der Waals surface area contributed by atoms with E-state index in [4.69, 9.17) is 5.73 Å². The smallest absolute Gasteiger partial charge is 0.163 e. The third kappa shape index (κ3) is 3.07. The van der Waals surface area contributed by atoms with Crippen molar-refractivity contribution >= 4 is 0 Å². The van der Waals surface area contributed by atoms with E-state index in [1.54, 1.807) is 0 Å². The standard InChI is InChI=1S/C13H16N4/c1-10-15-12(8-5-9-14)17-13(16-10)11-6-3-2-4-7-11/h2-4,6-7H,5,8-9,14H2,1H3. The lowest BCUT2D eigenvalue weighted by molar-refractivity contribution is 0.763. The summed E-state index contributed by atoms with van der Waals surface area (Å²) in [6, 6.07) is 9.94. The van der Waals surface area contributed by atoms with E-state index in [-0.39, 0.29) is 0 Å². The second kappa shape index (κ2) is 5.50. The number of nitrogens with zero attached hydrogens (tertiary/aromatic N) is 3. The van der Waals surface area contributed by atoms with Gasteiger partial charge in [-0.15, -0.1) is 0 Å². The molecule has 0 unspecified atom stereocenters. The van der Waals surface area contributed by atoms with Gasteiger partial charge in [0, 0.05) is 12.0 Å². The van der Waals surface area contributed by atoms with E-state index < -0.39 is 0 Å². The highest BCUT2D eigenvalue weighted by atomic mass is 15.0. The fourth-order valence-electron chi connectivity index (χ4n) is 1.63. The van der Waals surface area contributed by atoms with Gasteiger partial charge in [-0.05, 0) is 19.9 Å². The van der Waals surface area contributed by atoms with Gasteiger partial charge in [-0.2, -0.15) is 0 Å². The Morgan fingerprint density at radius 2 is 1.82 bits per heavy atom. The maximum atomic E-state index is 5.49. The minimum atomic E-state index is 0.658. The Morgan fingerprint density at radius 3 is 2.53 bits per heavy atom. The first-order chi connectivity index (χ1) is 8.29. The molecule has 2 N–H and O–H groups in total. The van der Waals surface area contributed by atoms with Crippen LogP contribution >= 0.6 is 0 Å². The van der Waals surface area contributed by atoms with Crippen LogP contribution in [0, 0.1) is 6.92 Å². The quantitative estimate of drug-likeness (QED) is 0.865. The van der Waals surface area contributed by atoms with Crippen LogP contribution in [0.4, 0.5) is 0 Å². The van der Waals surface area contributed by atoms with Crippen molar-refractivity contribution in [1.29, 1.82) is 0 Å². The molecule has 1 aromatic carbocycles. The van der Waals surface area contributed by atoms with Crippen molar-refractivity contribution in [2.75, 3.05) is 6.54 Å². The van der Waals surface area contributed by atoms with Crippen molar-refractivity contribution in [1.82, 2.24) is 15.0 Å². The van der Waals surface area contributed by atoms with E-state index in [1.165, 1.54) is 0 Å². The lowest BCUT2D eigenvalue weighted by Gasteiger charge is -2.04. The fourth-order valence-corrected chi connectivity index (χ4v) is 1.63. The summed E-state index contributed by atoms with van der Waals surface area (Å²) >= 11 is 0. The van der Waals surface area contributed by atoms with Gasteiger partial charge in [0.2, 0.25) is 0 Å². The van der Waals surface area contributed by atoms with Crippen molar-refractivity contribution in [2.45, 2.75) is 19.8 Å². The number of rotatable bonds is 4. The number of hydrogen-bond acceptors (Lipinski definition) is 4. The van der Waals surface area contributed by atoms with Crippen LogP contribution < -0.4 is 5.73 Å². The molecule has 0 aliphatic carbocycles. The van der Waals surface area contributed by atoms with Crippen LogP contribution in [0.2, 0.25) is 0 Å². The summed E-state index contributed by atoms with van der Waals surface area (Å²) in [4.78, 5) is 13.1. The average molecular weight is 228 g/mol. The SMILES string of the molecule is Cc1nc(CCCN)nc(-c2ccccc2)n1. The molecule has 0 radical (unpaired) electrons. The second-order valence-corrected chi connectivity index (χ2v) is 3.88. The minimum Gasteiger partial charge on any atom is -0.330 e. The van der Waals surface area contributed by atoms with Crippen molar-refractivity contribution in [3.8, 4) is 11.4 Å². The van der Waals surface area contributed by atoms with E-state index in [9.17, 15) is 0 Å². The molecule has 0 bridgehead atoms. The molecule has 17 heavy (non-hydrogen) atoms. The van der Waals surface area contributed by atoms with E-state index in [0.29, 0.717) is 6.54 Å². The summed E-state index contributed by atoms with van der Waals surface area (Å²) in [5.74, 6) is 2.32. The van der Waals surface area contributed by atoms with Crippen LogP contribution in [0.5, 0.6) is 0 Å². The van der Waals surface area contributed by atoms with Gasteiger partial charge < -0.3 is 5.73 Å². The van der Waals surface area contributed by atoms with E-state index in [0.717, 1.165) is 35.9 Å². The predicted molar refractivity (Wildman–Crippen MR) is 67.4 cm³/mol. The van der Waals surface area contributed by atoms with Gasteiger partial charge in [0.05, 0.1) is 0 Å². The molecule has 1 aromatic heterocycles. The highest BCUT2D eigenvalue weighted by Gasteiger charge is 2.05. The van der Waals surface area contributed by atoms with Gasteiger partial charge in [0.25, 0.3) is 0 Å². The minimum absolute atomic E-state index is 0.658. The molecule has 0 spiro atoms. The lowest BCUT2D eigenvalue weighted by atomic mass is 10.2. The lowest BCUT2D eigenvalue weighted by Crippen LogP contribution is -2.06. The van der Waals surface area contributed by atoms with Crippen LogP contribution in [0.25, 0.3) is 11.4 Å². The molecular formula is C13H16N4. The Morgan fingerprint density at radius 1 is 1.06 bits per heavy atom. The Labute approximate surface area is 101 Å². The molecule has 0 aliphatic heterocycles. The van der Waals surface area contributed by atoms with Gasteiger partial charge in [-0.3, -0.25) is 0 Å². The first kappa shape index (κ1) is 11.7. The molecule has 88 valence electrons. The largest absolute Gasteiger partial charge is 0.330 e. The molecule has 0 saturated heterocycles. The molecule has 2 rings (SSSR count). The van der Waals surface area contributed by atoms with Crippen molar-refractivity contribution in [3.05, 3.63) is 42.0 Å². The fraction of sp³-hybridized carbons (Fsp3) is 0.308. The summed E-state index contributed by atoms with van der Waals surface area (Å²) in [6.45, 7) is 2.55. The molecule has 4 heteroatoms. The van der Waals surface area contributed by atoms with Crippen LogP contribution in [-0.4, -0.2) is 21.5 Å². The average Bonchev–Trinajstić information content (AvgIpc) is 2.37. The summed E-state index contributed by atoms with van der Waals surface area (Å²) in [6.07, 6.45) is 1.71. The highest BCUT2D eigenvalue weighted by molar-refractivity contribution is 5.54. The number of hydrogen-bond donors (Lipinski definition) is 1. The third-order valence-corrected chi connectivity index (χ3v) is 2.43. The van der Waals surface area contributed by atoms with E-state index in [1.807, 2.05) is 37.3 Å². The van der Waals surface area contributed by atoms with Gasteiger partial charge in [-0.25, -0.2) is 15.0 Å². The zero-order chi connectivity index (χ0) is 12.1. The topological polar surface area (TPSA) is 64.7 Å². The van der Waals surface area contributed by atoms with Gasteiger partial charge >= 0.3 is 0 Å². The molecule has 2 aromatic rings. The Kier molecular flexibility index (Phi) is 3.77. The molecule has 0 aliphatic rings. The van der Waals surface area contributed by atoms with Crippen LogP contribution in [-0.2, 0) is 6.42 Å². The van der Waals surface area contributed by atoms with E-state index >= 15 is 0 Å². The zero-order valence-electron chi connectivity index (χ0n) is 9.93. The zero-order valence-corrected chi connectivity index (χ0v) is 9.93. The van der Waals surface area contributed by atoms with Crippen LogP contribution in [0.3, 0.4) is 0 Å². The van der Waals surface area contributed by atoms with Gasteiger partial charge in [0.1, 0.15) is 11.6 Å². The summed E-state index contributed by atoms with van der Waals surface area (Å²) in [7, 11) is 0. The number of aryl methyl sites for hydroxylation is 2. The third-order valence-electron chi connectivity index (χ3n) is 2.43. The molecular weight excluding hydrogens is 212 g/mol. The van der Waals surface area contributed by atoms with Gasteiger partial charge in [-0.1, -0.05) is 30.3 Å². The Balaban J connectivity index is 2.32. The van der Waals surface area contributed by atoms with Crippen molar-refractivity contribution in [2.24, 2.45) is 5.73 Å². The molecule has 1 heterocycles. The number of nitrogens with two attached hydrogens (primary N) is 1. The highest BCUT2D eigenvalue weighted by Crippen LogP contribution is 2.14. The molecule has 4 nitrogen and oxygen atoms in total. The molecule has 0 atom stereocenters. The number of benzene rings is 1. The first-order valence-electron chi connectivity index (χ1n) is 5.76. The first-order valence-corrected chi connectivity index (χ1v) is 5.76. The normalized spacial score (nSPS) is 10.5. The van der Waals surface area contributed by atoms with Crippen LogP contribution in [0.1, 0.15) is 18.1 Å². The summed E-state index contributed by atoms with van der Waals surface area (Å²) in [5.41, 5.74) is 6.51. The number of aromatic nitrogens is 3. The maximum Gasteiger partial charge on any atom is 0.163 e. The van der Waals surface area contributed by atoms with Gasteiger partial charge in [0.15, 0.2) is 5.82 Å². The summed E-state index contributed by atoms with van der Waals surface area (Å²) in [5, 5.41) is 0. The van der Waals surface area contributed by atoms with Crippen LogP contribution in [0.15, 0.2) is 30.3 Å². The van der Waals surface area contributed by atoms with Crippen molar-refractivity contribution < 1.29 is 0 Å². The maximum absolute atomic E-state index is 5.49. The van der Waals surface area contributed by atoms with Crippen molar-refractivity contribution in [3.63, 3.8) is 0 Å². The molecule has 0 fully saturated rings. The molecule has 0 saturated carbocycles. The van der Waals surface area contributed by atoms with E-state index in [2.05, 4.69) is 15.0 Å². The Hall–Kier alpha value is -1.81. The Bertz CT molecular complexity index is 482.